The van der Waals surface area contributed by atoms with E-state index in [0.29, 0.717) is 25.1 Å². The molecule has 0 fully saturated rings. The van der Waals surface area contributed by atoms with Gasteiger partial charge in [0.25, 0.3) is 0 Å². The Labute approximate surface area is 99.6 Å². The molecule has 0 bridgehead atoms. The number of rotatable bonds is 8. The molecule has 0 aromatic carbocycles. The number of carboxylic acid groups (broad SMARTS) is 1. The second kappa shape index (κ2) is 7.48. The van der Waals surface area contributed by atoms with Crippen molar-refractivity contribution in [3.05, 3.63) is 0 Å². The van der Waals surface area contributed by atoms with E-state index in [2.05, 4.69) is 17.9 Å². The summed E-state index contributed by atoms with van der Waals surface area (Å²) in [5, 5.41) is 20.6. The number of hydrogen-bond acceptors (Lipinski definition) is 5. The van der Waals surface area contributed by atoms with Crippen molar-refractivity contribution in [2.75, 3.05) is 12.3 Å². The summed E-state index contributed by atoms with van der Waals surface area (Å²) in [5.41, 5.74) is 3.06. The van der Waals surface area contributed by atoms with Crippen LogP contribution in [0.5, 0.6) is 0 Å². The standard InChI is InChI=1S/C9H18N2O4S/c10-5-2-1-4-9(15,8(13)14)11-7(12)3-6-16/h15-16H,1-6,10H2,(H,11,12)(H,13,14)/t9-/m1/s1. The first-order valence-electron chi connectivity index (χ1n) is 5.04. The van der Waals surface area contributed by atoms with E-state index in [-0.39, 0.29) is 12.8 Å². The third kappa shape index (κ3) is 5.34. The lowest BCUT2D eigenvalue weighted by molar-refractivity contribution is -0.166. The third-order valence-electron chi connectivity index (χ3n) is 2.03. The third-order valence-corrected chi connectivity index (χ3v) is 2.26. The van der Waals surface area contributed by atoms with Crippen molar-refractivity contribution in [2.45, 2.75) is 31.4 Å². The molecule has 7 heteroatoms. The van der Waals surface area contributed by atoms with E-state index in [1.54, 1.807) is 0 Å². The van der Waals surface area contributed by atoms with Gasteiger partial charge in [-0.25, -0.2) is 4.79 Å². The van der Waals surface area contributed by atoms with Crippen molar-refractivity contribution in [3.8, 4) is 0 Å². The van der Waals surface area contributed by atoms with E-state index < -0.39 is 17.6 Å². The maximum absolute atomic E-state index is 11.2. The lowest BCUT2D eigenvalue weighted by atomic mass is 10.1. The van der Waals surface area contributed by atoms with Crippen LogP contribution in [0.3, 0.4) is 0 Å². The number of aliphatic carboxylic acids is 1. The molecule has 1 amide bonds. The topological polar surface area (TPSA) is 113 Å². The summed E-state index contributed by atoms with van der Waals surface area (Å²) in [4.78, 5) is 22.0. The molecular formula is C9H18N2O4S. The SMILES string of the molecule is NCCCC[C@](O)(NC(=O)CCS)C(=O)O. The summed E-state index contributed by atoms with van der Waals surface area (Å²) in [6.07, 6.45) is 1.03. The fraction of sp³-hybridized carbons (Fsp3) is 0.778. The molecule has 0 aliphatic heterocycles. The highest BCUT2D eigenvalue weighted by atomic mass is 32.1. The number of carbonyl (C=O) groups excluding carboxylic acids is 1. The Morgan fingerprint density at radius 3 is 2.44 bits per heavy atom. The maximum Gasteiger partial charge on any atom is 0.357 e. The largest absolute Gasteiger partial charge is 0.478 e. The van der Waals surface area contributed by atoms with E-state index in [1.807, 2.05) is 0 Å². The number of carbonyl (C=O) groups is 2. The van der Waals surface area contributed by atoms with E-state index in [4.69, 9.17) is 10.8 Å². The van der Waals surface area contributed by atoms with Crippen molar-refractivity contribution in [3.63, 3.8) is 0 Å². The van der Waals surface area contributed by atoms with Crippen molar-refractivity contribution in [1.82, 2.24) is 5.32 Å². The molecule has 0 rings (SSSR count). The van der Waals surface area contributed by atoms with Gasteiger partial charge in [-0.1, -0.05) is 0 Å². The van der Waals surface area contributed by atoms with Crippen LogP contribution >= 0.6 is 12.6 Å². The summed E-state index contributed by atoms with van der Waals surface area (Å²) in [7, 11) is 0. The fourth-order valence-electron chi connectivity index (χ4n) is 1.14. The molecule has 0 aromatic rings. The van der Waals surface area contributed by atoms with Gasteiger partial charge in [0.15, 0.2) is 0 Å². The van der Waals surface area contributed by atoms with Gasteiger partial charge in [0.2, 0.25) is 11.6 Å². The van der Waals surface area contributed by atoms with Gasteiger partial charge >= 0.3 is 5.97 Å². The molecule has 0 radical (unpaired) electrons. The van der Waals surface area contributed by atoms with Crippen LogP contribution in [0.4, 0.5) is 0 Å². The zero-order valence-corrected chi connectivity index (χ0v) is 9.87. The Morgan fingerprint density at radius 2 is 2.00 bits per heavy atom. The van der Waals surface area contributed by atoms with Gasteiger partial charge in [-0.3, -0.25) is 4.79 Å². The highest BCUT2D eigenvalue weighted by molar-refractivity contribution is 7.80. The number of amides is 1. The van der Waals surface area contributed by atoms with Gasteiger partial charge in [-0.05, 0) is 25.1 Å². The number of nitrogens with one attached hydrogen (secondary N) is 1. The Bertz CT molecular complexity index is 250. The molecule has 0 saturated carbocycles. The lowest BCUT2D eigenvalue weighted by Crippen LogP contribution is -2.54. The van der Waals surface area contributed by atoms with Gasteiger partial charge in [0.05, 0.1) is 0 Å². The van der Waals surface area contributed by atoms with Crippen LogP contribution in [0, 0.1) is 0 Å². The first kappa shape index (κ1) is 15.2. The molecule has 5 N–H and O–H groups in total. The van der Waals surface area contributed by atoms with Crippen molar-refractivity contribution < 1.29 is 19.8 Å². The molecule has 0 heterocycles. The van der Waals surface area contributed by atoms with Crippen LogP contribution in [0.25, 0.3) is 0 Å². The van der Waals surface area contributed by atoms with Crippen LogP contribution in [-0.2, 0) is 9.59 Å². The first-order valence-corrected chi connectivity index (χ1v) is 5.67. The molecule has 0 unspecified atom stereocenters. The van der Waals surface area contributed by atoms with Crippen LogP contribution in [0.1, 0.15) is 25.7 Å². The van der Waals surface area contributed by atoms with E-state index in [1.165, 1.54) is 0 Å². The van der Waals surface area contributed by atoms with Crippen LogP contribution < -0.4 is 11.1 Å². The minimum atomic E-state index is -2.20. The van der Waals surface area contributed by atoms with Crippen LogP contribution in [-0.4, -0.2) is 40.1 Å². The molecule has 0 spiro atoms. The highest BCUT2D eigenvalue weighted by Crippen LogP contribution is 2.11. The van der Waals surface area contributed by atoms with E-state index in [9.17, 15) is 14.7 Å². The monoisotopic (exact) mass is 250 g/mol. The predicted octanol–water partition coefficient (Wildman–Crippen LogP) is -0.675. The minimum Gasteiger partial charge on any atom is -0.478 e. The van der Waals surface area contributed by atoms with Crippen molar-refractivity contribution >= 4 is 24.5 Å². The number of thiol groups is 1. The molecule has 1 atom stereocenters. The van der Waals surface area contributed by atoms with Gasteiger partial charge in [-0.2, -0.15) is 12.6 Å². The minimum absolute atomic E-state index is 0.0577. The predicted molar refractivity (Wildman–Crippen MR) is 62.1 cm³/mol. The number of unbranched alkanes of at least 4 members (excludes halogenated alkanes) is 1. The summed E-state index contributed by atoms with van der Waals surface area (Å²) in [5.74, 6) is -1.70. The lowest BCUT2D eigenvalue weighted by Gasteiger charge is -2.24. The number of aliphatic hydroxyl groups is 1. The number of nitrogens with two attached hydrogens (primary N) is 1. The Hall–Kier alpha value is -0.790. The highest BCUT2D eigenvalue weighted by Gasteiger charge is 2.36. The number of carboxylic acids is 1. The summed E-state index contributed by atoms with van der Waals surface area (Å²) in [6.45, 7) is 0.417. The fourth-order valence-corrected chi connectivity index (χ4v) is 1.35. The van der Waals surface area contributed by atoms with Crippen LogP contribution in [0.2, 0.25) is 0 Å². The van der Waals surface area contributed by atoms with Gasteiger partial charge < -0.3 is 21.3 Å². The normalized spacial score (nSPS) is 14.2. The summed E-state index contributed by atoms with van der Waals surface area (Å²) >= 11 is 3.84. The summed E-state index contributed by atoms with van der Waals surface area (Å²) in [6, 6.07) is 0. The van der Waals surface area contributed by atoms with Gasteiger partial charge in [0.1, 0.15) is 0 Å². The van der Waals surface area contributed by atoms with Gasteiger partial charge in [-0.15, -0.1) is 0 Å². The van der Waals surface area contributed by atoms with Gasteiger partial charge in [0, 0.05) is 12.8 Å². The quantitative estimate of drug-likeness (QED) is 0.223. The maximum atomic E-state index is 11.2. The molecule has 16 heavy (non-hydrogen) atoms. The number of hydrogen-bond donors (Lipinski definition) is 5. The second-order valence-electron chi connectivity index (χ2n) is 3.43. The first-order chi connectivity index (χ1) is 7.46. The molecule has 0 aromatic heterocycles. The Balaban J connectivity index is 4.32. The smallest absolute Gasteiger partial charge is 0.357 e. The molecular weight excluding hydrogens is 232 g/mol. The van der Waals surface area contributed by atoms with Crippen molar-refractivity contribution in [2.24, 2.45) is 5.73 Å². The second-order valence-corrected chi connectivity index (χ2v) is 3.88. The molecule has 94 valence electrons. The Morgan fingerprint density at radius 1 is 1.38 bits per heavy atom. The van der Waals surface area contributed by atoms with E-state index in [0.717, 1.165) is 0 Å². The zero-order valence-electron chi connectivity index (χ0n) is 8.98. The average molecular weight is 250 g/mol. The molecule has 0 saturated heterocycles. The van der Waals surface area contributed by atoms with E-state index >= 15 is 0 Å². The molecule has 0 aliphatic carbocycles. The van der Waals surface area contributed by atoms with Crippen LogP contribution in [0.15, 0.2) is 0 Å². The van der Waals surface area contributed by atoms with Crippen molar-refractivity contribution in [1.29, 1.82) is 0 Å². The zero-order chi connectivity index (χ0) is 12.6. The molecule has 6 nitrogen and oxygen atoms in total. The average Bonchev–Trinajstić information content (AvgIpc) is 2.18. The molecule has 0 aliphatic rings. The Kier molecular flexibility index (Phi) is 7.11. The summed E-state index contributed by atoms with van der Waals surface area (Å²) < 4.78 is 0.